The summed E-state index contributed by atoms with van der Waals surface area (Å²) in [6, 6.07) is 26.6. The summed E-state index contributed by atoms with van der Waals surface area (Å²) in [5.74, 6) is 1.37. The summed E-state index contributed by atoms with van der Waals surface area (Å²) in [6.07, 6.45) is 1.81. The molecule has 1 atom stereocenters. The van der Waals surface area contributed by atoms with E-state index in [0.29, 0.717) is 51.1 Å². The van der Waals surface area contributed by atoms with E-state index in [0.717, 1.165) is 27.5 Å². The van der Waals surface area contributed by atoms with Crippen LogP contribution in [-0.2, 0) is 16.1 Å². The predicted molar refractivity (Wildman–Crippen MR) is 179 cm³/mol. The molecule has 8 nitrogen and oxygen atoms in total. The van der Waals surface area contributed by atoms with Crippen molar-refractivity contribution in [2.75, 3.05) is 20.3 Å². The zero-order valence-corrected chi connectivity index (χ0v) is 26.9. The van der Waals surface area contributed by atoms with Crippen LogP contribution in [0.4, 0.5) is 0 Å². The lowest BCUT2D eigenvalue weighted by atomic mass is 9.96. The van der Waals surface area contributed by atoms with E-state index in [9.17, 15) is 9.59 Å². The van der Waals surface area contributed by atoms with Crippen LogP contribution < -0.4 is 29.1 Å². The normalized spacial score (nSPS) is 14.5. The van der Waals surface area contributed by atoms with Gasteiger partial charge in [0.1, 0.15) is 12.4 Å². The van der Waals surface area contributed by atoms with Gasteiger partial charge in [-0.1, -0.05) is 72.0 Å². The molecule has 0 radical (unpaired) electrons. The van der Waals surface area contributed by atoms with Gasteiger partial charge in [0.05, 0.1) is 42.2 Å². The Kier molecular flexibility index (Phi) is 9.03. The smallest absolute Gasteiger partial charge is 0.338 e. The molecule has 1 aliphatic heterocycles. The standard InChI is InChI=1S/C37H34N2O6S/c1-5-43-31-20-24(14-19-30(31)45-22-27-12-9-11-25-10-7-8-13-29(25)27)21-32-35(40)39-34(26-15-17-28(42-4)18-16-26)33(36(41)44-6-2)23(3)38-37(39)46-32/h7-21,34H,5-6,22H2,1-4H3/b32-21-/t34-/m0/s1. The molecule has 0 saturated heterocycles. The van der Waals surface area contributed by atoms with E-state index in [2.05, 4.69) is 29.3 Å². The van der Waals surface area contributed by atoms with Crippen LogP contribution in [0.5, 0.6) is 17.2 Å². The first-order valence-corrected chi connectivity index (χ1v) is 15.9. The molecule has 1 aromatic heterocycles. The van der Waals surface area contributed by atoms with Crippen molar-refractivity contribution in [1.29, 1.82) is 0 Å². The molecule has 2 heterocycles. The summed E-state index contributed by atoms with van der Waals surface area (Å²) < 4.78 is 25.0. The van der Waals surface area contributed by atoms with E-state index < -0.39 is 12.0 Å². The number of aromatic nitrogens is 1. The minimum Gasteiger partial charge on any atom is -0.497 e. The van der Waals surface area contributed by atoms with Crippen LogP contribution in [0.15, 0.2) is 106 Å². The van der Waals surface area contributed by atoms with Gasteiger partial charge in [0.15, 0.2) is 16.3 Å². The van der Waals surface area contributed by atoms with E-state index in [1.54, 1.807) is 25.5 Å². The first-order valence-electron chi connectivity index (χ1n) is 15.1. The van der Waals surface area contributed by atoms with Crippen molar-refractivity contribution in [3.05, 3.63) is 133 Å². The van der Waals surface area contributed by atoms with Gasteiger partial charge >= 0.3 is 5.97 Å². The molecule has 0 spiro atoms. The molecule has 46 heavy (non-hydrogen) atoms. The third-order valence-electron chi connectivity index (χ3n) is 7.78. The maximum absolute atomic E-state index is 14.0. The lowest BCUT2D eigenvalue weighted by molar-refractivity contribution is -0.139. The molecule has 4 aromatic carbocycles. The molecule has 0 fully saturated rings. The molecular weight excluding hydrogens is 600 g/mol. The minimum atomic E-state index is -0.702. The SMILES string of the molecule is CCOC(=O)C1=C(C)N=c2s/c(=C\c3ccc(OCc4cccc5ccccc45)c(OCC)c3)c(=O)n2[C@H]1c1ccc(OC)cc1. The van der Waals surface area contributed by atoms with Gasteiger partial charge in [-0.05, 0) is 78.6 Å². The number of methoxy groups -OCH3 is 1. The quantitative estimate of drug-likeness (QED) is 0.177. The fraction of sp³-hybridized carbons (Fsp3) is 0.216. The number of fused-ring (bicyclic) bond motifs is 2. The Balaban J connectivity index is 1.37. The number of hydrogen-bond acceptors (Lipinski definition) is 8. The Morgan fingerprint density at radius 2 is 1.72 bits per heavy atom. The fourth-order valence-corrected chi connectivity index (χ4v) is 6.67. The molecule has 0 bridgehead atoms. The first kappa shape index (κ1) is 30.9. The van der Waals surface area contributed by atoms with Crippen LogP contribution in [0, 0.1) is 0 Å². The van der Waals surface area contributed by atoms with Crippen LogP contribution in [0.25, 0.3) is 16.8 Å². The van der Waals surface area contributed by atoms with Gasteiger partial charge in [0.25, 0.3) is 5.56 Å². The summed E-state index contributed by atoms with van der Waals surface area (Å²) >= 11 is 1.27. The summed E-state index contributed by atoms with van der Waals surface area (Å²) in [5.41, 5.74) is 3.18. The summed E-state index contributed by atoms with van der Waals surface area (Å²) in [7, 11) is 1.59. The van der Waals surface area contributed by atoms with Crippen molar-refractivity contribution in [2.45, 2.75) is 33.4 Å². The Morgan fingerprint density at radius 1 is 0.935 bits per heavy atom. The molecule has 0 aliphatic carbocycles. The van der Waals surface area contributed by atoms with Gasteiger partial charge in [-0.3, -0.25) is 9.36 Å². The maximum atomic E-state index is 14.0. The summed E-state index contributed by atoms with van der Waals surface area (Å²) in [5, 5.41) is 2.30. The summed E-state index contributed by atoms with van der Waals surface area (Å²) in [6.45, 7) is 6.48. The monoisotopic (exact) mass is 634 g/mol. The number of esters is 1. The zero-order valence-electron chi connectivity index (χ0n) is 26.1. The molecule has 6 rings (SSSR count). The molecular formula is C37H34N2O6S. The Bertz CT molecular complexity index is 2120. The summed E-state index contributed by atoms with van der Waals surface area (Å²) in [4.78, 5) is 32.4. The van der Waals surface area contributed by atoms with Crippen molar-refractivity contribution >= 4 is 34.2 Å². The topological polar surface area (TPSA) is 88.4 Å². The van der Waals surface area contributed by atoms with Crippen LogP contribution in [0.2, 0.25) is 0 Å². The molecule has 0 saturated carbocycles. The average molecular weight is 635 g/mol. The second-order valence-electron chi connectivity index (χ2n) is 10.6. The van der Waals surface area contributed by atoms with Crippen molar-refractivity contribution in [2.24, 2.45) is 4.99 Å². The number of carbonyl (C=O) groups is 1. The predicted octanol–water partition coefficient (Wildman–Crippen LogP) is 5.94. The number of nitrogens with zero attached hydrogens (tertiary/aromatic N) is 2. The molecule has 0 amide bonds. The van der Waals surface area contributed by atoms with Crippen molar-refractivity contribution in [3.63, 3.8) is 0 Å². The van der Waals surface area contributed by atoms with Gasteiger partial charge in [0, 0.05) is 0 Å². The average Bonchev–Trinajstić information content (AvgIpc) is 3.37. The molecule has 5 aromatic rings. The van der Waals surface area contributed by atoms with Crippen molar-refractivity contribution < 1.29 is 23.7 Å². The lowest BCUT2D eigenvalue weighted by Crippen LogP contribution is -2.39. The molecule has 9 heteroatoms. The number of rotatable bonds is 10. The Labute approximate surface area is 270 Å². The Hall–Kier alpha value is -5.15. The highest BCUT2D eigenvalue weighted by Crippen LogP contribution is 2.33. The van der Waals surface area contributed by atoms with Crippen LogP contribution in [0.3, 0.4) is 0 Å². The highest BCUT2D eigenvalue weighted by molar-refractivity contribution is 7.07. The number of allylic oxidation sites excluding steroid dienone is 1. The van der Waals surface area contributed by atoms with E-state index in [1.165, 1.54) is 11.3 Å². The first-order chi connectivity index (χ1) is 22.4. The van der Waals surface area contributed by atoms with E-state index >= 15 is 0 Å². The van der Waals surface area contributed by atoms with Crippen molar-refractivity contribution in [1.82, 2.24) is 4.57 Å². The number of ether oxygens (including phenoxy) is 4. The highest BCUT2D eigenvalue weighted by Gasteiger charge is 2.33. The number of carbonyl (C=O) groups excluding carboxylic acids is 1. The largest absolute Gasteiger partial charge is 0.497 e. The van der Waals surface area contributed by atoms with E-state index in [4.69, 9.17) is 18.9 Å². The van der Waals surface area contributed by atoms with Crippen LogP contribution >= 0.6 is 11.3 Å². The van der Waals surface area contributed by atoms with Gasteiger partial charge in [-0.25, -0.2) is 9.79 Å². The number of benzene rings is 4. The second-order valence-corrected chi connectivity index (χ2v) is 11.7. The highest BCUT2D eigenvalue weighted by atomic mass is 32.1. The van der Waals surface area contributed by atoms with Crippen LogP contribution in [0.1, 0.15) is 43.5 Å². The van der Waals surface area contributed by atoms with Crippen LogP contribution in [-0.4, -0.2) is 30.9 Å². The van der Waals surface area contributed by atoms with E-state index in [-0.39, 0.29) is 12.2 Å². The second kappa shape index (κ2) is 13.5. The van der Waals surface area contributed by atoms with Gasteiger partial charge in [-0.15, -0.1) is 0 Å². The Morgan fingerprint density at radius 3 is 2.48 bits per heavy atom. The van der Waals surface area contributed by atoms with Gasteiger partial charge < -0.3 is 18.9 Å². The third-order valence-corrected chi connectivity index (χ3v) is 8.76. The lowest BCUT2D eigenvalue weighted by Gasteiger charge is -2.24. The number of hydrogen-bond donors (Lipinski definition) is 0. The molecule has 1 aliphatic rings. The molecule has 234 valence electrons. The number of thiazole rings is 1. The van der Waals surface area contributed by atoms with E-state index in [1.807, 2.05) is 73.7 Å². The fourth-order valence-electron chi connectivity index (χ4n) is 5.62. The molecule has 0 N–H and O–H groups in total. The third kappa shape index (κ3) is 6.06. The minimum absolute atomic E-state index is 0.208. The van der Waals surface area contributed by atoms with Gasteiger partial charge in [0.2, 0.25) is 0 Å². The van der Waals surface area contributed by atoms with Gasteiger partial charge in [-0.2, -0.15) is 0 Å². The maximum Gasteiger partial charge on any atom is 0.338 e. The zero-order chi connectivity index (χ0) is 32.2. The van der Waals surface area contributed by atoms with Crippen molar-refractivity contribution in [3.8, 4) is 17.2 Å². The molecule has 0 unspecified atom stereocenters.